The Morgan fingerprint density at radius 1 is 1.25 bits per heavy atom. The van der Waals surface area contributed by atoms with Crippen molar-refractivity contribution in [2.75, 3.05) is 13.1 Å². The minimum absolute atomic E-state index is 0.00295. The molecule has 0 bridgehead atoms. The standard InChI is InChI=1S/C17H24FNO/c1-2-13-7-9-17(10-8-13)12-19-11-16(20-17)14-3-5-15(18)6-4-14/h3-6,13,16,19H,2,7-12H2,1H3. The summed E-state index contributed by atoms with van der Waals surface area (Å²) < 4.78 is 19.5. The van der Waals surface area contributed by atoms with Crippen molar-refractivity contribution in [2.45, 2.75) is 50.7 Å². The fraction of sp³-hybridized carbons (Fsp3) is 0.647. The third-order valence-electron chi connectivity index (χ3n) is 5.00. The Labute approximate surface area is 120 Å². The van der Waals surface area contributed by atoms with Crippen molar-refractivity contribution in [1.29, 1.82) is 0 Å². The summed E-state index contributed by atoms with van der Waals surface area (Å²) in [7, 11) is 0. The van der Waals surface area contributed by atoms with E-state index in [-0.39, 0.29) is 17.5 Å². The van der Waals surface area contributed by atoms with Gasteiger partial charge in [-0.2, -0.15) is 0 Å². The van der Waals surface area contributed by atoms with E-state index in [1.807, 2.05) is 12.1 Å². The summed E-state index contributed by atoms with van der Waals surface area (Å²) in [5.41, 5.74) is 1.08. The first kappa shape index (κ1) is 14.0. The van der Waals surface area contributed by atoms with Crippen LogP contribution in [-0.4, -0.2) is 18.7 Å². The van der Waals surface area contributed by atoms with E-state index in [4.69, 9.17) is 4.74 Å². The fourth-order valence-corrected chi connectivity index (χ4v) is 3.59. The molecule has 1 saturated heterocycles. The minimum Gasteiger partial charge on any atom is -0.364 e. The van der Waals surface area contributed by atoms with E-state index in [1.165, 1.54) is 31.4 Å². The smallest absolute Gasteiger partial charge is 0.123 e. The molecule has 0 amide bonds. The van der Waals surface area contributed by atoms with E-state index >= 15 is 0 Å². The predicted octanol–water partition coefficient (Wildman–Crippen LogP) is 3.83. The van der Waals surface area contributed by atoms with Gasteiger partial charge < -0.3 is 10.1 Å². The van der Waals surface area contributed by atoms with Crippen LogP contribution in [0, 0.1) is 11.7 Å². The molecule has 1 aromatic rings. The van der Waals surface area contributed by atoms with Crippen LogP contribution in [0.15, 0.2) is 24.3 Å². The molecule has 1 heterocycles. The molecule has 1 aromatic carbocycles. The Hall–Kier alpha value is -0.930. The van der Waals surface area contributed by atoms with Crippen molar-refractivity contribution in [3.8, 4) is 0 Å². The quantitative estimate of drug-likeness (QED) is 0.887. The summed E-state index contributed by atoms with van der Waals surface area (Å²) in [5.74, 6) is 0.686. The summed E-state index contributed by atoms with van der Waals surface area (Å²) >= 11 is 0. The molecule has 1 N–H and O–H groups in total. The largest absolute Gasteiger partial charge is 0.364 e. The molecule has 1 aliphatic carbocycles. The SMILES string of the molecule is CCC1CCC2(CC1)CNCC(c1ccc(F)cc1)O2. The second kappa shape index (κ2) is 5.82. The number of ether oxygens (including phenoxy) is 1. The topological polar surface area (TPSA) is 21.3 Å². The lowest BCUT2D eigenvalue weighted by atomic mass is 9.77. The molecule has 3 heteroatoms. The minimum atomic E-state index is -0.185. The summed E-state index contributed by atoms with van der Waals surface area (Å²) in [4.78, 5) is 0. The number of rotatable bonds is 2. The second-order valence-corrected chi connectivity index (χ2v) is 6.32. The average Bonchev–Trinajstić information content (AvgIpc) is 2.49. The Morgan fingerprint density at radius 3 is 2.60 bits per heavy atom. The molecule has 1 aliphatic heterocycles. The van der Waals surface area contributed by atoms with E-state index in [0.29, 0.717) is 0 Å². The van der Waals surface area contributed by atoms with E-state index in [1.54, 1.807) is 0 Å². The number of benzene rings is 1. The molecule has 3 rings (SSSR count). The van der Waals surface area contributed by atoms with Gasteiger partial charge in [0.15, 0.2) is 0 Å². The van der Waals surface area contributed by atoms with Crippen LogP contribution >= 0.6 is 0 Å². The molecule has 0 radical (unpaired) electrons. The molecule has 1 spiro atoms. The monoisotopic (exact) mass is 277 g/mol. The van der Waals surface area contributed by atoms with Gasteiger partial charge in [0.25, 0.3) is 0 Å². The first-order valence-electron chi connectivity index (χ1n) is 7.85. The van der Waals surface area contributed by atoms with Crippen LogP contribution in [0.3, 0.4) is 0 Å². The fourth-order valence-electron chi connectivity index (χ4n) is 3.59. The van der Waals surface area contributed by atoms with Crippen molar-refractivity contribution in [3.63, 3.8) is 0 Å². The van der Waals surface area contributed by atoms with Crippen LogP contribution in [0.2, 0.25) is 0 Å². The zero-order chi connectivity index (χ0) is 14.0. The van der Waals surface area contributed by atoms with Crippen molar-refractivity contribution in [3.05, 3.63) is 35.6 Å². The van der Waals surface area contributed by atoms with Crippen LogP contribution in [0.4, 0.5) is 4.39 Å². The second-order valence-electron chi connectivity index (χ2n) is 6.32. The van der Waals surface area contributed by atoms with E-state index in [2.05, 4.69) is 12.2 Å². The van der Waals surface area contributed by atoms with Crippen LogP contribution in [0.5, 0.6) is 0 Å². The van der Waals surface area contributed by atoms with Crippen LogP contribution < -0.4 is 5.32 Å². The molecule has 2 nitrogen and oxygen atoms in total. The van der Waals surface area contributed by atoms with Crippen molar-refractivity contribution in [1.82, 2.24) is 5.32 Å². The van der Waals surface area contributed by atoms with E-state index in [9.17, 15) is 4.39 Å². The van der Waals surface area contributed by atoms with Gasteiger partial charge in [0.2, 0.25) is 0 Å². The maximum atomic E-state index is 13.0. The lowest BCUT2D eigenvalue weighted by Gasteiger charge is -2.46. The van der Waals surface area contributed by atoms with Crippen molar-refractivity contribution >= 4 is 0 Å². The van der Waals surface area contributed by atoms with Crippen molar-refractivity contribution < 1.29 is 9.13 Å². The number of hydrogen-bond donors (Lipinski definition) is 1. The van der Waals surface area contributed by atoms with Gasteiger partial charge >= 0.3 is 0 Å². The molecule has 1 atom stereocenters. The maximum absolute atomic E-state index is 13.0. The van der Waals surface area contributed by atoms with Gasteiger partial charge in [0.05, 0.1) is 11.7 Å². The van der Waals surface area contributed by atoms with Gasteiger partial charge in [-0.1, -0.05) is 25.5 Å². The lowest BCUT2D eigenvalue weighted by molar-refractivity contribution is -0.141. The summed E-state index contributed by atoms with van der Waals surface area (Å²) in [6.07, 6.45) is 6.18. The molecule has 0 aromatic heterocycles. The average molecular weight is 277 g/mol. The summed E-state index contributed by atoms with van der Waals surface area (Å²) in [6, 6.07) is 6.73. The number of halogens is 1. The number of nitrogens with one attached hydrogen (secondary N) is 1. The number of morpholine rings is 1. The zero-order valence-electron chi connectivity index (χ0n) is 12.2. The van der Waals surface area contributed by atoms with Gasteiger partial charge in [0, 0.05) is 13.1 Å². The number of hydrogen-bond acceptors (Lipinski definition) is 2. The first-order chi connectivity index (χ1) is 9.71. The van der Waals surface area contributed by atoms with Crippen LogP contribution in [0.25, 0.3) is 0 Å². The van der Waals surface area contributed by atoms with E-state index in [0.717, 1.165) is 37.4 Å². The zero-order valence-corrected chi connectivity index (χ0v) is 12.2. The van der Waals surface area contributed by atoms with Gasteiger partial charge in [-0.25, -0.2) is 4.39 Å². The highest BCUT2D eigenvalue weighted by molar-refractivity contribution is 5.20. The molecule has 1 saturated carbocycles. The van der Waals surface area contributed by atoms with Crippen LogP contribution in [0.1, 0.15) is 50.7 Å². The molecule has 1 unspecified atom stereocenters. The lowest BCUT2D eigenvalue weighted by Crippen LogP contribution is -2.52. The highest BCUT2D eigenvalue weighted by atomic mass is 19.1. The third kappa shape index (κ3) is 2.89. The normalized spacial score (nSPS) is 34.3. The van der Waals surface area contributed by atoms with Gasteiger partial charge in [-0.15, -0.1) is 0 Å². The van der Waals surface area contributed by atoms with E-state index < -0.39 is 0 Å². The molecular formula is C17H24FNO. The Kier molecular flexibility index (Phi) is 4.08. The molecular weight excluding hydrogens is 253 g/mol. The molecule has 2 fully saturated rings. The van der Waals surface area contributed by atoms with Crippen LogP contribution in [-0.2, 0) is 4.74 Å². The molecule has 2 aliphatic rings. The third-order valence-corrected chi connectivity index (χ3v) is 5.00. The summed E-state index contributed by atoms with van der Waals surface area (Å²) in [5, 5.41) is 3.52. The summed E-state index contributed by atoms with van der Waals surface area (Å²) in [6.45, 7) is 4.07. The Balaban J connectivity index is 1.69. The Morgan fingerprint density at radius 2 is 1.95 bits per heavy atom. The predicted molar refractivity (Wildman–Crippen MR) is 78.1 cm³/mol. The molecule has 20 heavy (non-hydrogen) atoms. The first-order valence-corrected chi connectivity index (χ1v) is 7.85. The maximum Gasteiger partial charge on any atom is 0.123 e. The van der Waals surface area contributed by atoms with Gasteiger partial charge in [-0.3, -0.25) is 0 Å². The Bertz CT molecular complexity index is 437. The molecule has 110 valence electrons. The van der Waals surface area contributed by atoms with Gasteiger partial charge in [-0.05, 0) is 49.3 Å². The highest BCUT2D eigenvalue weighted by Gasteiger charge is 2.40. The van der Waals surface area contributed by atoms with Crippen molar-refractivity contribution in [2.24, 2.45) is 5.92 Å². The highest BCUT2D eigenvalue weighted by Crippen LogP contribution is 2.40. The van der Waals surface area contributed by atoms with Gasteiger partial charge in [0.1, 0.15) is 5.82 Å².